The third-order valence-corrected chi connectivity index (χ3v) is 4.31. The maximum atomic E-state index is 9.19. The Hall–Kier alpha value is -0.810. The Morgan fingerprint density at radius 3 is 2.76 bits per heavy atom. The highest BCUT2D eigenvalue weighted by molar-refractivity contribution is 5.06. The first kappa shape index (κ1) is 14.3. The van der Waals surface area contributed by atoms with E-state index in [1.54, 1.807) is 0 Å². The van der Waals surface area contributed by atoms with Gasteiger partial charge in [-0.3, -0.25) is 0 Å². The van der Waals surface area contributed by atoms with E-state index >= 15 is 0 Å². The molecule has 0 heterocycles. The first-order valence-corrected chi connectivity index (χ1v) is 6.72. The van der Waals surface area contributed by atoms with Crippen LogP contribution in [0.3, 0.4) is 0 Å². The minimum absolute atomic E-state index is 0.102. The molecule has 0 aromatic heterocycles. The van der Waals surface area contributed by atoms with E-state index in [9.17, 15) is 5.26 Å². The molecule has 0 bridgehead atoms. The second-order valence-corrected chi connectivity index (χ2v) is 5.82. The third-order valence-electron chi connectivity index (χ3n) is 4.31. The summed E-state index contributed by atoms with van der Waals surface area (Å²) in [6, 6.07) is 2.36. The van der Waals surface area contributed by atoms with Crippen LogP contribution in [0, 0.1) is 28.6 Å². The van der Waals surface area contributed by atoms with E-state index in [0.29, 0.717) is 18.3 Å². The molecule has 0 saturated heterocycles. The molecule has 1 fully saturated rings. The summed E-state index contributed by atoms with van der Waals surface area (Å²) in [7, 11) is 0. The van der Waals surface area contributed by atoms with Gasteiger partial charge in [0.25, 0.3) is 0 Å². The number of hydrogen-bond donors (Lipinski definition) is 1. The average molecular weight is 235 g/mol. The van der Waals surface area contributed by atoms with Gasteiger partial charge in [0.15, 0.2) is 0 Å². The number of allylic oxidation sites excluding steroid dienone is 1. The van der Waals surface area contributed by atoms with Crippen LogP contribution in [0.5, 0.6) is 0 Å². The number of aliphatic hydroxyl groups is 1. The molecule has 1 rings (SSSR count). The maximum Gasteiger partial charge on any atom is 0.0687 e. The predicted octanol–water partition coefficient (Wildman–Crippen LogP) is 3.67. The van der Waals surface area contributed by atoms with Crippen LogP contribution >= 0.6 is 0 Å². The van der Waals surface area contributed by atoms with Gasteiger partial charge in [-0.2, -0.15) is 5.26 Å². The quantitative estimate of drug-likeness (QED) is 0.739. The van der Waals surface area contributed by atoms with Gasteiger partial charge in [0.2, 0.25) is 0 Å². The molecule has 3 unspecified atom stereocenters. The molecule has 2 heteroatoms. The summed E-state index contributed by atoms with van der Waals surface area (Å²) in [5.41, 5.74) is 1.000. The molecule has 17 heavy (non-hydrogen) atoms. The molecule has 1 aliphatic carbocycles. The van der Waals surface area contributed by atoms with Crippen molar-refractivity contribution in [2.75, 3.05) is 6.61 Å². The van der Waals surface area contributed by atoms with Gasteiger partial charge in [-0.05, 0) is 57.3 Å². The Morgan fingerprint density at radius 2 is 2.24 bits per heavy atom. The molecule has 1 aliphatic rings. The second-order valence-electron chi connectivity index (χ2n) is 5.82. The molecule has 1 N–H and O–H groups in total. The van der Waals surface area contributed by atoms with Crippen LogP contribution in [0.1, 0.15) is 52.4 Å². The highest BCUT2D eigenvalue weighted by Crippen LogP contribution is 2.39. The number of aliphatic hydroxyl groups excluding tert-OH is 1. The lowest BCUT2D eigenvalue weighted by Gasteiger charge is -2.33. The van der Waals surface area contributed by atoms with Crippen LogP contribution in [0.2, 0.25) is 0 Å². The Morgan fingerprint density at radius 1 is 1.53 bits per heavy atom. The Kier molecular flexibility index (Phi) is 5.21. The van der Waals surface area contributed by atoms with E-state index in [0.717, 1.165) is 19.3 Å². The first-order valence-electron chi connectivity index (χ1n) is 6.72. The lowest BCUT2D eigenvalue weighted by molar-refractivity contribution is 0.208. The van der Waals surface area contributed by atoms with Crippen molar-refractivity contribution >= 4 is 0 Å². The molecule has 0 amide bonds. The van der Waals surface area contributed by atoms with Crippen molar-refractivity contribution in [1.82, 2.24) is 0 Å². The van der Waals surface area contributed by atoms with Gasteiger partial charge in [-0.25, -0.2) is 0 Å². The molecule has 96 valence electrons. The maximum absolute atomic E-state index is 9.19. The molecule has 0 aromatic rings. The average Bonchev–Trinajstić information content (AvgIpc) is 2.29. The van der Waals surface area contributed by atoms with E-state index in [2.05, 4.69) is 19.6 Å². The van der Waals surface area contributed by atoms with E-state index < -0.39 is 0 Å². The summed E-state index contributed by atoms with van der Waals surface area (Å²) in [6.45, 7) is 8.54. The summed E-state index contributed by atoms with van der Waals surface area (Å²) in [6.07, 6.45) is 6.20. The van der Waals surface area contributed by atoms with Crippen LogP contribution in [0.4, 0.5) is 0 Å². The van der Waals surface area contributed by atoms with E-state index in [-0.39, 0.29) is 12.0 Å². The zero-order valence-electron chi connectivity index (χ0n) is 11.2. The zero-order chi connectivity index (χ0) is 12.9. The van der Waals surface area contributed by atoms with Gasteiger partial charge < -0.3 is 5.11 Å². The molecule has 3 atom stereocenters. The summed E-state index contributed by atoms with van der Waals surface area (Å²) < 4.78 is 0. The number of nitrogens with zero attached hydrogens (tertiary/aromatic N) is 1. The minimum atomic E-state index is -0.369. The summed E-state index contributed by atoms with van der Waals surface area (Å²) in [4.78, 5) is 0. The standard InChI is InChI=1S/C15H25NO/c1-12-5-4-6-13(2)14(12)7-8-15(3,11-16)9-10-17/h13-14,17H,1,4-10H2,2-3H3. The van der Waals surface area contributed by atoms with Crippen molar-refractivity contribution in [2.45, 2.75) is 52.4 Å². The van der Waals surface area contributed by atoms with Crippen molar-refractivity contribution in [3.05, 3.63) is 12.2 Å². The molecule has 2 nitrogen and oxygen atoms in total. The van der Waals surface area contributed by atoms with Crippen molar-refractivity contribution in [2.24, 2.45) is 17.3 Å². The number of rotatable bonds is 5. The Bertz CT molecular complexity index is 305. The van der Waals surface area contributed by atoms with Gasteiger partial charge in [0.05, 0.1) is 11.5 Å². The van der Waals surface area contributed by atoms with Crippen LogP contribution in [-0.4, -0.2) is 11.7 Å². The monoisotopic (exact) mass is 235 g/mol. The molecular weight excluding hydrogens is 210 g/mol. The lowest BCUT2D eigenvalue weighted by Crippen LogP contribution is -2.23. The van der Waals surface area contributed by atoms with Gasteiger partial charge in [-0.1, -0.05) is 19.1 Å². The zero-order valence-corrected chi connectivity index (χ0v) is 11.2. The molecule has 1 saturated carbocycles. The van der Waals surface area contributed by atoms with Crippen LogP contribution < -0.4 is 0 Å². The fraction of sp³-hybridized carbons (Fsp3) is 0.800. The van der Waals surface area contributed by atoms with E-state index in [4.69, 9.17) is 5.11 Å². The molecule has 0 spiro atoms. The fourth-order valence-corrected chi connectivity index (χ4v) is 2.89. The minimum Gasteiger partial charge on any atom is -0.396 e. The van der Waals surface area contributed by atoms with Crippen LogP contribution in [-0.2, 0) is 0 Å². The smallest absolute Gasteiger partial charge is 0.0687 e. The SMILES string of the molecule is C=C1CCCC(C)C1CCC(C)(C#N)CCO. The number of nitriles is 1. The van der Waals surface area contributed by atoms with Crippen molar-refractivity contribution in [3.8, 4) is 6.07 Å². The normalized spacial score (nSPS) is 28.5. The van der Waals surface area contributed by atoms with Crippen LogP contribution in [0.25, 0.3) is 0 Å². The molecule has 0 aliphatic heterocycles. The van der Waals surface area contributed by atoms with Gasteiger partial charge in [0.1, 0.15) is 0 Å². The van der Waals surface area contributed by atoms with Gasteiger partial charge in [-0.15, -0.1) is 0 Å². The first-order chi connectivity index (χ1) is 8.02. The van der Waals surface area contributed by atoms with E-state index in [1.165, 1.54) is 18.4 Å². The Balaban J connectivity index is 2.53. The summed E-state index contributed by atoms with van der Waals surface area (Å²) in [5, 5.41) is 18.2. The lowest BCUT2D eigenvalue weighted by atomic mass is 9.72. The third kappa shape index (κ3) is 3.85. The Labute approximate surface area is 105 Å². The van der Waals surface area contributed by atoms with Gasteiger partial charge in [0, 0.05) is 6.61 Å². The molecular formula is C15H25NO. The van der Waals surface area contributed by atoms with Crippen molar-refractivity contribution in [1.29, 1.82) is 5.26 Å². The highest BCUT2D eigenvalue weighted by atomic mass is 16.3. The van der Waals surface area contributed by atoms with Crippen molar-refractivity contribution < 1.29 is 5.11 Å². The molecule has 0 aromatic carbocycles. The second kappa shape index (κ2) is 6.21. The van der Waals surface area contributed by atoms with E-state index in [1.807, 2.05) is 6.92 Å². The summed E-state index contributed by atoms with van der Waals surface area (Å²) >= 11 is 0. The molecule has 0 radical (unpaired) electrons. The van der Waals surface area contributed by atoms with Gasteiger partial charge >= 0.3 is 0 Å². The predicted molar refractivity (Wildman–Crippen MR) is 70.3 cm³/mol. The topological polar surface area (TPSA) is 44.0 Å². The highest BCUT2D eigenvalue weighted by Gasteiger charge is 2.29. The number of hydrogen-bond acceptors (Lipinski definition) is 2. The summed E-state index contributed by atoms with van der Waals surface area (Å²) in [5.74, 6) is 1.28. The van der Waals surface area contributed by atoms with Crippen molar-refractivity contribution in [3.63, 3.8) is 0 Å². The van der Waals surface area contributed by atoms with Crippen LogP contribution in [0.15, 0.2) is 12.2 Å². The largest absolute Gasteiger partial charge is 0.396 e. The fourth-order valence-electron chi connectivity index (χ4n) is 2.89.